The molecular formula is C13H27ClN2O. The van der Waals surface area contributed by atoms with Crippen LogP contribution in [0.3, 0.4) is 0 Å². The van der Waals surface area contributed by atoms with E-state index in [2.05, 4.69) is 20.8 Å². The number of carbonyl (C=O) groups excluding carboxylic acids is 1. The van der Waals surface area contributed by atoms with Gasteiger partial charge >= 0.3 is 0 Å². The van der Waals surface area contributed by atoms with Gasteiger partial charge in [-0.25, -0.2) is 0 Å². The van der Waals surface area contributed by atoms with Gasteiger partial charge in [-0.1, -0.05) is 20.8 Å². The summed E-state index contributed by atoms with van der Waals surface area (Å²) >= 11 is 0. The van der Waals surface area contributed by atoms with Crippen molar-refractivity contribution >= 4 is 18.3 Å². The molecule has 0 aromatic carbocycles. The number of piperidine rings is 1. The van der Waals surface area contributed by atoms with E-state index < -0.39 is 0 Å². The minimum atomic E-state index is 0. The second-order valence-corrected chi connectivity index (χ2v) is 5.55. The highest BCUT2D eigenvalue weighted by Gasteiger charge is 2.28. The third-order valence-electron chi connectivity index (χ3n) is 3.98. The zero-order chi connectivity index (χ0) is 12.3. The Bertz CT molecular complexity index is 236. The first-order chi connectivity index (χ1) is 7.43. The lowest BCUT2D eigenvalue weighted by Gasteiger charge is -2.35. The summed E-state index contributed by atoms with van der Waals surface area (Å²) in [5.41, 5.74) is 5.89. The van der Waals surface area contributed by atoms with Crippen molar-refractivity contribution in [1.29, 1.82) is 0 Å². The molecule has 4 heteroatoms. The van der Waals surface area contributed by atoms with E-state index in [1.54, 1.807) is 0 Å². The molecule has 0 spiro atoms. The molecule has 2 unspecified atom stereocenters. The molecule has 2 N–H and O–H groups in total. The van der Waals surface area contributed by atoms with Crippen molar-refractivity contribution < 1.29 is 4.79 Å². The first kappa shape index (κ1) is 16.7. The molecule has 2 atom stereocenters. The summed E-state index contributed by atoms with van der Waals surface area (Å²) in [5, 5.41) is 0. The zero-order valence-corrected chi connectivity index (χ0v) is 12.3. The quantitative estimate of drug-likeness (QED) is 0.848. The molecule has 1 rings (SSSR count). The van der Waals surface area contributed by atoms with Gasteiger partial charge < -0.3 is 10.6 Å². The van der Waals surface area contributed by atoms with E-state index in [4.69, 9.17) is 5.73 Å². The number of nitrogens with zero attached hydrogens (tertiary/aromatic N) is 1. The van der Waals surface area contributed by atoms with Gasteiger partial charge in [0.05, 0.1) is 0 Å². The number of halogens is 1. The Balaban J connectivity index is 0.00000256. The number of likely N-dealkylation sites (tertiary alicyclic amines) is 1. The fraction of sp³-hybridized carbons (Fsp3) is 0.923. The van der Waals surface area contributed by atoms with Crippen LogP contribution >= 0.6 is 12.4 Å². The average molecular weight is 263 g/mol. The van der Waals surface area contributed by atoms with Crippen LogP contribution in [-0.2, 0) is 4.79 Å². The Morgan fingerprint density at radius 1 is 1.18 bits per heavy atom. The van der Waals surface area contributed by atoms with Crippen LogP contribution in [0.25, 0.3) is 0 Å². The Morgan fingerprint density at radius 2 is 1.65 bits per heavy atom. The molecule has 0 saturated carbocycles. The normalized spacial score (nSPS) is 20.9. The first-order valence-corrected chi connectivity index (χ1v) is 6.47. The van der Waals surface area contributed by atoms with Gasteiger partial charge in [0.25, 0.3) is 0 Å². The molecule has 1 saturated heterocycles. The largest absolute Gasteiger partial charge is 0.342 e. The average Bonchev–Trinajstić information content (AvgIpc) is 2.27. The standard InChI is InChI=1S/C13H26N2O.ClH/c1-9(2)10(3)13(16)15-7-5-12(6-8-15)11(4)14;/h9-12H,5-8,14H2,1-4H3;1H. The molecule has 102 valence electrons. The maximum atomic E-state index is 12.1. The van der Waals surface area contributed by atoms with Gasteiger partial charge in [-0.2, -0.15) is 0 Å². The van der Waals surface area contributed by atoms with E-state index in [9.17, 15) is 4.79 Å². The second-order valence-electron chi connectivity index (χ2n) is 5.55. The molecule has 1 fully saturated rings. The fourth-order valence-corrected chi connectivity index (χ4v) is 2.22. The Hall–Kier alpha value is -0.280. The highest BCUT2D eigenvalue weighted by atomic mass is 35.5. The molecule has 0 radical (unpaired) electrons. The van der Waals surface area contributed by atoms with Crippen molar-refractivity contribution in [2.75, 3.05) is 13.1 Å². The number of nitrogens with two attached hydrogens (primary N) is 1. The van der Waals surface area contributed by atoms with Crippen LogP contribution in [0.15, 0.2) is 0 Å². The van der Waals surface area contributed by atoms with Crippen molar-refractivity contribution in [2.24, 2.45) is 23.5 Å². The van der Waals surface area contributed by atoms with E-state index in [0.29, 0.717) is 17.7 Å². The summed E-state index contributed by atoms with van der Waals surface area (Å²) in [6, 6.07) is 0.264. The number of hydrogen-bond acceptors (Lipinski definition) is 2. The van der Waals surface area contributed by atoms with Crippen molar-refractivity contribution in [3.05, 3.63) is 0 Å². The summed E-state index contributed by atoms with van der Waals surface area (Å²) in [6.45, 7) is 10.1. The molecule has 1 amide bonds. The minimum absolute atomic E-state index is 0. The summed E-state index contributed by atoms with van der Waals surface area (Å²) in [4.78, 5) is 14.1. The first-order valence-electron chi connectivity index (χ1n) is 6.47. The van der Waals surface area contributed by atoms with Gasteiger partial charge in [0, 0.05) is 25.0 Å². The molecule has 0 aromatic rings. The van der Waals surface area contributed by atoms with Crippen LogP contribution in [0.5, 0.6) is 0 Å². The van der Waals surface area contributed by atoms with Crippen molar-refractivity contribution in [3.8, 4) is 0 Å². The molecule has 17 heavy (non-hydrogen) atoms. The molecule has 0 bridgehead atoms. The van der Waals surface area contributed by atoms with Crippen molar-refractivity contribution in [2.45, 2.75) is 46.6 Å². The lowest BCUT2D eigenvalue weighted by atomic mass is 9.89. The minimum Gasteiger partial charge on any atom is -0.342 e. The topological polar surface area (TPSA) is 46.3 Å². The third-order valence-corrected chi connectivity index (χ3v) is 3.98. The van der Waals surface area contributed by atoms with Crippen LogP contribution in [0.1, 0.15) is 40.5 Å². The SMILES string of the molecule is CC(C)C(C)C(=O)N1CCC(C(C)N)CC1.Cl. The van der Waals surface area contributed by atoms with Crippen molar-refractivity contribution in [3.63, 3.8) is 0 Å². The van der Waals surface area contributed by atoms with Crippen LogP contribution < -0.4 is 5.73 Å². The Kier molecular flexibility index (Phi) is 7.10. The molecule has 1 heterocycles. The van der Waals surface area contributed by atoms with E-state index >= 15 is 0 Å². The monoisotopic (exact) mass is 262 g/mol. The molecule has 1 aliphatic heterocycles. The molecule has 0 aliphatic carbocycles. The smallest absolute Gasteiger partial charge is 0.225 e. The van der Waals surface area contributed by atoms with Gasteiger partial charge in [-0.3, -0.25) is 4.79 Å². The molecule has 3 nitrogen and oxygen atoms in total. The van der Waals surface area contributed by atoms with Gasteiger partial charge in [0.1, 0.15) is 0 Å². The predicted octanol–water partition coefficient (Wildman–Crippen LogP) is 2.29. The number of rotatable bonds is 3. The Labute approximate surface area is 112 Å². The highest BCUT2D eigenvalue weighted by molar-refractivity contribution is 5.85. The summed E-state index contributed by atoms with van der Waals surface area (Å²) in [5.74, 6) is 1.49. The molecule has 1 aliphatic rings. The fourth-order valence-electron chi connectivity index (χ4n) is 2.22. The van der Waals surface area contributed by atoms with E-state index in [0.717, 1.165) is 25.9 Å². The van der Waals surface area contributed by atoms with Gasteiger partial charge in [-0.05, 0) is 31.6 Å². The Morgan fingerprint density at radius 3 is 2.00 bits per heavy atom. The second kappa shape index (κ2) is 7.22. The lowest BCUT2D eigenvalue weighted by molar-refractivity contribution is -0.137. The van der Waals surface area contributed by atoms with E-state index in [1.165, 1.54) is 0 Å². The van der Waals surface area contributed by atoms with E-state index in [-0.39, 0.29) is 24.4 Å². The summed E-state index contributed by atoms with van der Waals surface area (Å²) in [6.07, 6.45) is 2.13. The van der Waals surface area contributed by atoms with Crippen LogP contribution in [0, 0.1) is 17.8 Å². The number of hydrogen-bond donors (Lipinski definition) is 1. The van der Waals surface area contributed by atoms with Crippen LogP contribution in [-0.4, -0.2) is 29.9 Å². The van der Waals surface area contributed by atoms with Gasteiger partial charge in [-0.15, -0.1) is 12.4 Å². The lowest BCUT2D eigenvalue weighted by Crippen LogP contribution is -2.45. The van der Waals surface area contributed by atoms with Crippen molar-refractivity contribution in [1.82, 2.24) is 4.90 Å². The zero-order valence-electron chi connectivity index (χ0n) is 11.5. The van der Waals surface area contributed by atoms with Crippen LogP contribution in [0.4, 0.5) is 0 Å². The molecule has 0 aromatic heterocycles. The molecular weight excluding hydrogens is 236 g/mol. The van der Waals surface area contributed by atoms with E-state index in [1.807, 2.05) is 11.8 Å². The van der Waals surface area contributed by atoms with Gasteiger partial charge in [0.2, 0.25) is 5.91 Å². The third kappa shape index (κ3) is 4.47. The summed E-state index contributed by atoms with van der Waals surface area (Å²) in [7, 11) is 0. The van der Waals surface area contributed by atoms with Gasteiger partial charge in [0.15, 0.2) is 0 Å². The maximum absolute atomic E-state index is 12.1. The van der Waals surface area contributed by atoms with Crippen LogP contribution in [0.2, 0.25) is 0 Å². The highest BCUT2D eigenvalue weighted by Crippen LogP contribution is 2.22. The maximum Gasteiger partial charge on any atom is 0.225 e. The number of amides is 1. The summed E-state index contributed by atoms with van der Waals surface area (Å²) < 4.78 is 0. The number of carbonyl (C=O) groups is 1. The predicted molar refractivity (Wildman–Crippen MR) is 74.2 cm³/mol.